The predicted octanol–water partition coefficient (Wildman–Crippen LogP) is 0.0157. The summed E-state index contributed by atoms with van der Waals surface area (Å²) in [5.74, 6) is 0. The van der Waals surface area contributed by atoms with E-state index in [0.29, 0.717) is 12.1 Å². The van der Waals surface area contributed by atoms with Gasteiger partial charge in [-0.25, -0.2) is 0 Å². The fourth-order valence-corrected chi connectivity index (χ4v) is 2.06. The molecule has 1 aliphatic carbocycles. The lowest BCUT2D eigenvalue weighted by molar-refractivity contribution is 0.290. The lowest BCUT2D eigenvalue weighted by Gasteiger charge is -2.33. The first-order valence-electron chi connectivity index (χ1n) is 4.39. The molecule has 0 amide bonds. The third kappa shape index (κ3) is 2.18. The zero-order chi connectivity index (χ0) is 9.26. The Kier molecular flexibility index (Phi) is 2.48. The van der Waals surface area contributed by atoms with E-state index in [2.05, 4.69) is 10.3 Å². The average Bonchev–Trinajstić information content (AvgIpc) is 2.43. The van der Waals surface area contributed by atoms with Crippen LogP contribution in [0.15, 0.2) is 10.2 Å². The van der Waals surface area contributed by atoms with Gasteiger partial charge in [-0.1, -0.05) is 11.3 Å². The topological polar surface area (TPSA) is 70.9 Å². The van der Waals surface area contributed by atoms with Crippen molar-refractivity contribution >= 4 is 11.3 Å². The van der Waals surface area contributed by atoms with Gasteiger partial charge in [0.15, 0.2) is 0 Å². The van der Waals surface area contributed by atoms with Gasteiger partial charge in [0.2, 0.25) is 0 Å². The van der Waals surface area contributed by atoms with E-state index in [1.54, 1.807) is 0 Å². The van der Waals surface area contributed by atoms with Gasteiger partial charge in [0.05, 0.1) is 0 Å². The maximum atomic E-state index is 10.8. The predicted molar refractivity (Wildman–Crippen MR) is 52.8 cm³/mol. The molecule has 0 unspecified atom stereocenters. The molecule has 4 nitrogen and oxygen atoms in total. The Labute approximate surface area is 80.2 Å². The zero-order valence-corrected chi connectivity index (χ0v) is 8.06. The Hall–Kier alpha value is -0.650. The van der Waals surface area contributed by atoms with Gasteiger partial charge >= 0.3 is 4.87 Å². The zero-order valence-electron chi connectivity index (χ0n) is 7.25. The van der Waals surface area contributed by atoms with Crippen LogP contribution in [0.2, 0.25) is 0 Å². The molecule has 4 N–H and O–H groups in total. The summed E-state index contributed by atoms with van der Waals surface area (Å²) in [5.41, 5.74) is 6.61. The molecule has 0 saturated heterocycles. The summed E-state index contributed by atoms with van der Waals surface area (Å²) in [6.45, 7) is 0.746. The van der Waals surface area contributed by atoms with Crippen molar-refractivity contribution in [3.63, 3.8) is 0 Å². The standard InChI is InChI=1S/C8H13N3OS/c9-5-1-6(2-5)10-3-7-4-13-8(12)11-7/h4-6,10H,1-3,9H2,(H,11,12). The molecule has 0 radical (unpaired) electrons. The number of H-pyrrole nitrogens is 1. The Morgan fingerprint density at radius 3 is 3.00 bits per heavy atom. The van der Waals surface area contributed by atoms with Gasteiger partial charge in [-0.15, -0.1) is 0 Å². The minimum atomic E-state index is 0.0158. The third-order valence-electron chi connectivity index (χ3n) is 2.33. The number of hydrogen-bond donors (Lipinski definition) is 3. The van der Waals surface area contributed by atoms with E-state index in [1.807, 2.05) is 5.38 Å². The highest BCUT2D eigenvalue weighted by Crippen LogP contribution is 2.17. The summed E-state index contributed by atoms with van der Waals surface area (Å²) in [4.78, 5) is 13.6. The van der Waals surface area contributed by atoms with E-state index in [1.165, 1.54) is 11.3 Å². The molecule has 0 aromatic carbocycles. The number of aromatic amines is 1. The van der Waals surface area contributed by atoms with Crippen LogP contribution < -0.4 is 15.9 Å². The molecule has 5 heteroatoms. The van der Waals surface area contributed by atoms with Crippen molar-refractivity contribution in [1.82, 2.24) is 10.3 Å². The minimum Gasteiger partial charge on any atom is -0.328 e. The van der Waals surface area contributed by atoms with Crippen LogP contribution in [0.5, 0.6) is 0 Å². The van der Waals surface area contributed by atoms with Crippen LogP contribution in [0.4, 0.5) is 0 Å². The van der Waals surface area contributed by atoms with E-state index < -0.39 is 0 Å². The van der Waals surface area contributed by atoms with Crippen molar-refractivity contribution in [1.29, 1.82) is 0 Å². The van der Waals surface area contributed by atoms with Crippen LogP contribution in [-0.4, -0.2) is 17.1 Å². The van der Waals surface area contributed by atoms with E-state index >= 15 is 0 Å². The number of nitrogens with two attached hydrogens (primary N) is 1. The molecule has 72 valence electrons. The van der Waals surface area contributed by atoms with Gasteiger partial charge < -0.3 is 16.0 Å². The minimum absolute atomic E-state index is 0.0158. The Morgan fingerprint density at radius 1 is 1.69 bits per heavy atom. The molecule has 0 bridgehead atoms. The van der Waals surface area contributed by atoms with Crippen molar-refractivity contribution in [2.24, 2.45) is 5.73 Å². The summed E-state index contributed by atoms with van der Waals surface area (Å²) in [6, 6.07) is 0.914. The number of nitrogens with one attached hydrogen (secondary N) is 2. The summed E-state index contributed by atoms with van der Waals surface area (Å²) >= 11 is 1.21. The Morgan fingerprint density at radius 2 is 2.46 bits per heavy atom. The molecule has 1 aromatic rings. The fourth-order valence-electron chi connectivity index (χ4n) is 1.48. The van der Waals surface area contributed by atoms with Crippen molar-refractivity contribution in [3.8, 4) is 0 Å². The monoisotopic (exact) mass is 199 g/mol. The molecule has 1 aromatic heterocycles. The lowest BCUT2D eigenvalue weighted by atomic mass is 9.88. The molecule has 2 rings (SSSR count). The largest absolute Gasteiger partial charge is 0.328 e. The molecule has 1 heterocycles. The van der Waals surface area contributed by atoms with Crippen molar-refractivity contribution in [3.05, 3.63) is 20.7 Å². The Bertz CT molecular complexity index is 326. The summed E-state index contributed by atoms with van der Waals surface area (Å²) in [7, 11) is 0. The van der Waals surface area contributed by atoms with Gasteiger partial charge in [0.25, 0.3) is 0 Å². The molecular formula is C8H13N3OS. The third-order valence-corrected chi connectivity index (χ3v) is 3.05. The van der Waals surface area contributed by atoms with Crippen LogP contribution >= 0.6 is 11.3 Å². The van der Waals surface area contributed by atoms with E-state index in [4.69, 9.17) is 5.73 Å². The van der Waals surface area contributed by atoms with Crippen LogP contribution in [0.1, 0.15) is 18.5 Å². The van der Waals surface area contributed by atoms with Crippen LogP contribution in [0.25, 0.3) is 0 Å². The maximum absolute atomic E-state index is 10.8. The van der Waals surface area contributed by atoms with Gasteiger partial charge in [-0.2, -0.15) is 0 Å². The second kappa shape index (κ2) is 3.61. The Balaban J connectivity index is 1.77. The molecule has 0 aliphatic heterocycles. The highest BCUT2D eigenvalue weighted by Gasteiger charge is 2.24. The number of aromatic nitrogens is 1. The highest BCUT2D eigenvalue weighted by molar-refractivity contribution is 7.07. The quantitative estimate of drug-likeness (QED) is 0.642. The molecule has 0 atom stereocenters. The molecular weight excluding hydrogens is 186 g/mol. The average molecular weight is 199 g/mol. The number of hydrogen-bond acceptors (Lipinski definition) is 4. The first-order chi connectivity index (χ1) is 6.24. The molecule has 1 fully saturated rings. The van der Waals surface area contributed by atoms with Crippen LogP contribution in [-0.2, 0) is 6.54 Å². The highest BCUT2D eigenvalue weighted by atomic mass is 32.1. The van der Waals surface area contributed by atoms with Gasteiger partial charge in [-0.05, 0) is 12.8 Å². The number of thiazole rings is 1. The summed E-state index contributed by atoms with van der Waals surface area (Å²) in [5, 5.41) is 5.19. The fraction of sp³-hybridized carbons (Fsp3) is 0.625. The van der Waals surface area contributed by atoms with Gasteiger partial charge in [0, 0.05) is 29.7 Å². The van der Waals surface area contributed by atoms with Gasteiger partial charge in [0.1, 0.15) is 0 Å². The van der Waals surface area contributed by atoms with Crippen molar-refractivity contribution in [2.75, 3.05) is 0 Å². The first-order valence-corrected chi connectivity index (χ1v) is 5.27. The lowest BCUT2D eigenvalue weighted by Crippen LogP contribution is -2.48. The molecule has 1 aliphatic rings. The smallest absolute Gasteiger partial charge is 0.304 e. The van der Waals surface area contributed by atoms with Crippen LogP contribution in [0, 0.1) is 0 Å². The van der Waals surface area contributed by atoms with Crippen molar-refractivity contribution < 1.29 is 0 Å². The number of rotatable bonds is 3. The van der Waals surface area contributed by atoms with E-state index in [-0.39, 0.29) is 4.87 Å². The second-order valence-corrected chi connectivity index (χ2v) is 4.32. The normalized spacial score (nSPS) is 27.2. The van der Waals surface area contributed by atoms with E-state index in [9.17, 15) is 4.79 Å². The first kappa shape index (κ1) is 8.93. The molecule has 13 heavy (non-hydrogen) atoms. The van der Waals surface area contributed by atoms with Crippen molar-refractivity contribution in [2.45, 2.75) is 31.5 Å². The maximum Gasteiger partial charge on any atom is 0.304 e. The molecule has 0 spiro atoms. The van der Waals surface area contributed by atoms with Crippen LogP contribution in [0.3, 0.4) is 0 Å². The molecule has 1 saturated carbocycles. The summed E-state index contributed by atoms with van der Waals surface area (Å²) < 4.78 is 0. The SMILES string of the molecule is NC1CC(NCc2csc(=O)[nH]2)C1. The van der Waals surface area contributed by atoms with E-state index in [0.717, 1.165) is 25.1 Å². The summed E-state index contributed by atoms with van der Waals surface area (Å²) in [6.07, 6.45) is 2.10. The van der Waals surface area contributed by atoms with Gasteiger partial charge in [-0.3, -0.25) is 4.79 Å². The second-order valence-electron chi connectivity index (χ2n) is 3.48.